The fourth-order valence-electron chi connectivity index (χ4n) is 3.39. The van der Waals surface area contributed by atoms with Gasteiger partial charge in [-0.3, -0.25) is 4.79 Å². The van der Waals surface area contributed by atoms with E-state index in [0.717, 1.165) is 31.4 Å². The summed E-state index contributed by atoms with van der Waals surface area (Å²) in [6.07, 6.45) is 4.48. The highest BCUT2D eigenvalue weighted by atomic mass is 16.3. The number of hydrogen-bond acceptors (Lipinski definition) is 4. The number of phenols is 1. The van der Waals surface area contributed by atoms with Gasteiger partial charge in [0.2, 0.25) is 5.91 Å². The molecule has 7 heteroatoms. The van der Waals surface area contributed by atoms with E-state index in [9.17, 15) is 14.7 Å². The molecule has 0 saturated heterocycles. The second-order valence-electron chi connectivity index (χ2n) is 8.10. The number of nitrogens with zero attached hydrogens (tertiary/aromatic N) is 2. The molecule has 1 aliphatic carbocycles. The van der Waals surface area contributed by atoms with E-state index < -0.39 is 0 Å². The molecule has 3 N–H and O–H groups in total. The number of anilines is 1. The Morgan fingerprint density at radius 3 is 2.66 bits per heavy atom. The SMILES string of the molecule is CCCNC(=O)n1nc(-c2cc(NC(=O)CC(C)C)ccc2O)cc1C1CCC1. The van der Waals surface area contributed by atoms with Crippen LogP contribution < -0.4 is 10.6 Å². The van der Waals surface area contributed by atoms with E-state index in [1.807, 2.05) is 26.8 Å². The number of carbonyl (C=O) groups is 2. The molecule has 1 heterocycles. The average Bonchev–Trinajstić information content (AvgIpc) is 3.03. The van der Waals surface area contributed by atoms with Gasteiger partial charge < -0.3 is 15.7 Å². The first-order chi connectivity index (χ1) is 13.9. The van der Waals surface area contributed by atoms with Gasteiger partial charge in [-0.1, -0.05) is 27.2 Å². The van der Waals surface area contributed by atoms with Crippen LogP contribution in [0.15, 0.2) is 24.3 Å². The van der Waals surface area contributed by atoms with Gasteiger partial charge in [0.25, 0.3) is 0 Å². The number of rotatable bonds is 7. The second kappa shape index (κ2) is 9.11. The molecular formula is C22H30N4O3. The number of amides is 2. The first-order valence-electron chi connectivity index (χ1n) is 10.4. The van der Waals surface area contributed by atoms with Crippen molar-refractivity contribution in [2.24, 2.45) is 5.92 Å². The highest BCUT2D eigenvalue weighted by Crippen LogP contribution is 2.39. The van der Waals surface area contributed by atoms with E-state index >= 15 is 0 Å². The Kier molecular flexibility index (Phi) is 6.56. The number of hydrogen-bond donors (Lipinski definition) is 3. The molecule has 29 heavy (non-hydrogen) atoms. The molecule has 2 amide bonds. The molecule has 0 unspecified atom stereocenters. The van der Waals surface area contributed by atoms with Crippen LogP contribution >= 0.6 is 0 Å². The lowest BCUT2D eigenvalue weighted by Crippen LogP contribution is -2.32. The van der Waals surface area contributed by atoms with E-state index in [1.54, 1.807) is 18.2 Å². The van der Waals surface area contributed by atoms with Gasteiger partial charge in [0.1, 0.15) is 5.75 Å². The highest BCUT2D eigenvalue weighted by molar-refractivity contribution is 5.92. The van der Waals surface area contributed by atoms with Crippen LogP contribution in [0.5, 0.6) is 5.75 Å². The predicted molar refractivity (Wildman–Crippen MR) is 113 cm³/mol. The number of carbonyl (C=O) groups excluding carboxylic acids is 2. The lowest BCUT2D eigenvalue weighted by Gasteiger charge is -2.25. The van der Waals surface area contributed by atoms with Gasteiger partial charge in [-0.05, 0) is 49.4 Å². The maximum absolute atomic E-state index is 12.6. The molecular weight excluding hydrogens is 368 g/mol. The van der Waals surface area contributed by atoms with E-state index in [1.165, 1.54) is 4.68 Å². The molecule has 1 aromatic heterocycles. The molecule has 156 valence electrons. The summed E-state index contributed by atoms with van der Waals surface area (Å²) in [5.74, 6) is 0.551. The summed E-state index contributed by atoms with van der Waals surface area (Å²) >= 11 is 0. The Morgan fingerprint density at radius 2 is 2.03 bits per heavy atom. The minimum absolute atomic E-state index is 0.0608. The molecule has 0 atom stereocenters. The van der Waals surface area contributed by atoms with Gasteiger partial charge in [-0.2, -0.15) is 9.78 Å². The number of phenolic OH excluding ortho intramolecular Hbond substituents is 1. The topological polar surface area (TPSA) is 96.3 Å². The number of aromatic hydroxyl groups is 1. The molecule has 0 radical (unpaired) electrons. The third-order valence-corrected chi connectivity index (χ3v) is 5.13. The summed E-state index contributed by atoms with van der Waals surface area (Å²) in [4.78, 5) is 24.7. The van der Waals surface area contributed by atoms with Gasteiger partial charge in [0, 0.05) is 30.1 Å². The molecule has 7 nitrogen and oxygen atoms in total. The summed E-state index contributed by atoms with van der Waals surface area (Å²) in [5.41, 5.74) is 2.48. The molecule has 1 aromatic carbocycles. The average molecular weight is 399 g/mol. The van der Waals surface area contributed by atoms with Crippen molar-refractivity contribution in [3.8, 4) is 17.0 Å². The summed E-state index contributed by atoms with van der Waals surface area (Å²) in [6, 6.07) is 6.54. The number of aromatic nitrogens is 2. The summed E-state index contributed by atoms with van der Waals surface area (Å²) < 4.78 is 1.43. The first kappa shape index (κ1) is 20.9. The zero-order chi connectivity index (χ0) is 21.0. The van der Waals surface area contributed by atoms with Crippen LogP contribution in [0.4, 0.5) is 10.5 Å². The van der Waals surface area contributed by atoms with Crippen LogP contribution in [-0.2, 0) is 4.79 Å². The Bertz CT molecular complexity index is 884. The summed E-state index contributed by atoms with van der Waals surface area (Å²) in [6.45, 7) is 6.56. The molecule has 3 rings (SSSR count). The molecule has 0 aliphatic heterocycles. The number of nitrogens with one attached hydrogen (secondary N) is 2. The molecule has 0 spiro atoms. The van der Waals surface area contributed by atoms with Crippen LogP contribution in [0.2, 0.25) is 0 Å². The first-order valence-corrected chi connectivity index (χ1v) is 10.4. The van der Waals surface area contributed by atoms with Crippen molar-refractivity contribution in [3.05, 3.63) is 30.0 Å². The molecule has 0 bridgehead atoms. The molecule has 2 aromatic rings. The van der Waals surface area contributed by atoms with Crippen LogP contribution in [0, 0.1) is 5.92 Å². The third kappa shape index (κ3) is 4.96. The Labute approximate surface area is 171 Å². The van der Waals surface area contributed by atoms with Crippen molar-refractivity contribution in [1.29, 1.82) is 0 Å². The minimum Gasteiger partial charge on any atom is -0.507 e. The Morgan fingerprint density at radius 1 is 1.28 bits per heavy atom. The largest absolute Gasteiger partial charge is 0.507 e. The van der Waals surface area contributed by atoms with Gasteiger partial charge >= 0.3 is 6.03 Å². The smallest absolute Gasteiger partial charge is 0.342 e. The zero-order valence-electron chi connectivity index (χ0n) is 17.4. The fourth-order valence-corrected chi connectivity index (χ4v) is 3.39. The van der Waals surface area contributed by atoms with E-state index in [4.69, 9.17) is 0 Å². The van der Waals surface area contributed by atoms with Crippen LogP contribution in [0.25, 0.3) is 11.3 Å². The predicted octanol–water partition coefficient (Wildman–Crippen LogP) is 4.48. The summed E-state index contributed by atoms with van der Waals surface area (Å²) in [5, 5.41) is 20.6. The van der Waals surface area contributed by atoms with Crippen molar-refractivity contribution in [3.63, 3.8) is 0 Å². The molecule has 1 aliphatic rings. The maximum Gasteiger partial charge on any atom is 0.342 e. The van der Waals surface area contributed by atoms with Crippen molar-refractivity contribution in [2.75, 3.05) is 11.9 Å². The van der Waals surface area contributed by atoms with Crippen LogP contribution in [0.3, 0.4) is 0 Å². The third-order valence-electron chi connectivity index (χ3n) is 5.13. The highest BCUT2D eigenvalue weighted by Gasteiger charge is 2.27. The maximum atomic E-state index is 12.6. The van der Waals surface area contributed by atoms with Crippen molar-refractivity contribution in [2.45, 2.75) is 58.8 Å². The summed E-state index contributed by atoms with van der Waals surface area (Å²) in [7, 11) is 0. The number of benzene rings is 1. The van der Waals surface area contributed by atoms with Crippen molar-refractivity contribution in [1.82, 2.24) is 15.1 Å². The van der Waals surface area contributed by atoms with Crippen molar-refractivity contribution >= 4 is 17.6 Å². The Hall–Kier alpha value is -2.83. The van der Waals surface area contributed by atoms with E-state index in [2.05, 4.69) is 15.7 Å². The van der Waals surface area contributed by atoms with Crippen LogP contribution in [-0.4, -0.2) is 33.4 Å². The fraction of sp³-hybridized carbons (Fsp3) is 0.500. The minimum atomic E-state index is -0.249. The monoisotopic (exact) mass is 398 g/mol. The lowest BCUT2D eigenvalue weighted by atomic mass is 9.82. The molecule has 1 saturated carbocycles. The van der Waals surface area contributed by atoms with E-state index in [-0.39, 0.29) is 23.6 Å². The van der Waals surface area contributed by atoms with Gasteiger partial charge in [-0.25, -0.2) is 4.79 Å². The van der Waals surface area contributed by atoms with Gasteiger partial charge in [0.15, 0.2) is 0 Å². The van der Waals surface area contributed by atoms with Crippen LogP contribution in [0.1, 0.15) is 64.5 Å². The standard InChI is InChI=1S/C22H30N4O3/c1-4-10-23-22(29)26-19(15-6-5-7-15)13-18(25-26)17-12-16(8-9-20(17)27)24-21(28)11-14(2)3/h8-9,12-15,27H,4-7,10-11H2,1-3H3,(H,23,29)(H,24,28). The quantitative estimate of drug-likeness (QED) is 0.599. The Balaban J connectivity index is 1.91. The molecule has 1 fully saturated rings. The zero-order valence-corrected chi connectivity index (χ0v) is 17.4. The van der Waals surface area contributed by atoms with E-state index in [0.29, 0.717) is 35.8 Å². The second-order valence-corrected chi connectivity index (χ2v) is 8.10. The normalized spacial score (nSPS) is 13.9. The van der Waals surface area contributed by atoms with Gasteiger partial charge in [0.05, 0.1) is 11.4 Å². The van der Waals surface area contributed by atoms with Gasteiger partial charge in [-0.15, -0.1) is 0 Å². The lowest BCUT2D eigenvalue weighted by molar-refractivity contribution is -0.116. The van der Waals surface area contributed by atoms with Crippen molar-refractivity contribution < 1.29 is 14.7 Å².